The summed E-state index contributed by atoms with van der Waals surface area (Å²) in [7, 11) is 0. The van der Waals surface area contributed by atoms with E-state index in [0.29, 0.717) is 30.6 Å². The van der Waals surface area contributed by atoms with Gasteiger partial charge < -0.3 is 9.53 Å². The second-order valence-electron chi connectivity index (χ2n) is 8.36. The first kappa shape index (κ1) is 16.5. The Hall–Kier alpha value is -0.860. The standard InChI is InChI=1S/C18H30O3/c1-13(2)5-6-16(20)21-18-8-14(3)7-15(10-18)9-17(4,11-18)12-19/h12-15H,5-11H2,1-4H3. The van der Waals surface area contributed by atoms with E-state index in [1.54, 1.807) is 0 Å². The molecule has 0 heterocycles. The van der Waals surface area contributed by atoms with Gasteiger partial charge in [-0.05, 0) is 56.3 Å². The maximum absolute atomic E-state index is 12.2. The summed E-state index contributed by atoms with van der Waals surface area (Å²) in [4.78, 5) is 23.7. The Balaban J connectivity index is 2.08. The Morgan fingerprint density at radius 3 is 2.67 bits per heavy atom. The number of carbonyl (C=O) groups excluding carboxylic acids is 2. The summed E-state index contributed by atoms with van der Waals surface area (Å²) in [5.41, 5.74) is -0.703. The molecule has 120 valence electrons. The number of esters is 1. The number of fused-ring (bicyclic) bond motifs is 2. The van der Waals surface area contributed by atoms with Crippen molar-refractivity contribution in [2.45, 2.75) is 78.2 Å². The summed E-state index contributed by atoms with van der Waals surface area (Å²) in [6, 6.07) is 0. The summed E-state index contributed by atoms with van der Waals surface area (Å²) in [5.74, 6) is 1.54. The molecular formula is C18H30O3. The van der Waals surface area contributed by atoms with Crippen LogP contribution in [0.5, 0.6) is 0 Å². The maximum atomic E-state index is 12.2. The molecule has 4 unspecified atom stereocenters. The van der Waals surface area contributed by atoms with Crippen molar-refractivity contribution in [2.24, 2.45) is 23.2 Å². The molecule has 2 rings (SSSR count). The second kappa shape index (κ2) is 6.10. The highest BCUT2D eigenvalue weighted by atomic mass is 16.6. The van der Waals surface area contributed by atoms with E-state index in [9.17, 15) is 9.59 Å². The molecule has 0 amide bonds. The van der Waals surface area contributed by atoms with Crippen LogP contribution in [0.3, 0.4) is 0 Å². The van der Waals surface area contributed by atoms with Crippen molar-refractivity contribution in [3.63, 3.8) is 0 Å². The van der Waals surface area contributed by atoms with Gasteiger partial charge in [0.05, 0.1) is 0 Å². The smallest absolute Gasteiger partial charge is 0.306 e. The van der Waals surface area contributed by atoms with Gasteiger partial charge in [0.1, 0.15) is 11.9 Å². The van der Waals surface area contributed by atoms with E-state index in [4.69, 9.17) is 4.74 Å². The highest BCUT2D eigenvalue weighted by molar-refractivity contribution is 5.70. The van der Waals surface area contributed by atoms with Crippen LogP contribution in [0.1, 0.15) is 72.6 Å². The molecule has 2 aliphatic carbocycles. The van der Waals surface area contributed by atoms with Gasteiger partial charge in [-0.1, -0.05) is 27.7 Å². The molecular weight excluding hydrogens is 264 g/mol. The molecule has 2 aliphatic rings. The largest absolute Gasteiger partial charge is 0.459 e. The summed E-state index contributed by atoms with van der Waals surface area (Å²) >= 11 is 0. The predicted octanol–water partition coefficient (Wildman–Crippen LogP) is 4.14. The van der Waals surface area contributed by atoms with Crippen LogP contribution < -0.4 is 0 Å². The number of hydrogen-bond acceptors (Lipinski definition) is 3. The minimum Gasteiger partial charge on any atom is -0.459 e. The molecule has 0 aromatic carbocycles. The molecule has 0 N–H and O–H groups in total. The first-order valence-corrected chi connectivity index (χ1v) is 8.44. The lowest BCUT2D eigenvalue weighted by molar-refractivity contribution is -0.182. The fraction of sp³-hybridized carbons (Fsp3) is 0.889. The summed E-state index contributed by atoms with van der Waals surface area (Å²) in [6.07, 6.45) is 7.15. The molecule has 21 heavy (non-hydrogen) atoms. The van der Waals surface area contributed by atoms with Gasteiger partial charge in [0.15, 0.2) is 0 Å². The van der Waals surface area contributed by atoms with Crippen molar-refractivity contribution in [3.8, 4) is 0 Å². The number of ether oxygens (including phenoxy) is 1. The van der Waals surface area contributed by atoms with Crippen molar-refractivity contribution in [1.29, 1.82) is 0 Å². The average molecular weight is 294 g/mol. The molecule has 2 saturated carbocycles. The zero-order chi connectivity index (χ0) is 15.7. The van der Waals surface area contributed by atoms with E-state index < -0.39 is 0 Å². The normalized spacial score (nSPS) is 39.1. The summed E-state index contributed by atoms with van der Waals surface area (Å²) in [5, 5.41) is 0. The van der Waals surface area contributed by atoms with E-state index in [-0.39, 0.29) is 17.0 Å². The minimum atomic E-state index is -0.385. The maximum Gasteiger partial charge on any atom is 0.306 e. The summed E-state index contributed by atoms with van der Waals surface area (Å²) < 4.78 is 5.97. The number of aldehydes is 1. The Morgan fingerprint density at radius 2 is 2.05 bits per heavy atom. The molecule has 2 fully saturated rings. The zero-order valence-corrected chi connectivity index (χ0v) is 14.0. The van der Waals surface area contributed by atoms with E-state index in [1.807, 2.05) is 6.92 Å². The van der Waals surface area contributed by atoms with Crippen LogP contribution in [0.15, 0.2) is 0 Å². The third-order valence-electron chi connectivity index (χ3n) is 5.14. The molecule has 0 aliphatic heterocycles. The molecule has 0 spiro atoms. The quantitative estimate of drug-likeness (QED) is 0.565. The van der Waals surface area contributed by atoms with E-state index in [2.05, 4.69) is 20.8 Å². The molecule has 2 bridgehead atoms. The molecule has 3 heteroatoms. The Morgan fingerprint density at radius 1 is 1.33 bits per heavy atom. The lowest BCUT2D eigenvalue weighted by atomic mass is 9.57. The SMILES string of the molecule is CC(C)CCC(=O)OC12CC(C)CC(CC(C)(C=O)C1)C2. The van der Waals surface area contributed by atoms with Gasteiger partial charge in [-0.25, -0.2) is 0 Å². The van der Waals surface area contributed by atoms with Gasteiger partial charge in [0, 0.05) is 11.8 Å². The fourth-order valence-corrected chi connectivity index (χ4v) is 4.66. The molecule has 0 saturated heterocycles. The van der Waals surface area contributed by atoms with E-state index >= 15 is 0 Å². The monoisotopic (exact) mass is 294 g/mol. The van der Waals surface area contributed by atoms with Crippen LogP contribution in [-0.2, 0) is 14.3 Å². The van der Waals surface area contributed by atoms with Gasteiger partial charge in [-0.2, -0.15) is 0 Å². The number of rotatable bonds is 5. The molecule has 0 aromatic heterocycles. The molecule has 0 radical (unpaired) electrons. The second-order valence-corrected chi connectivity index (χ2v) is 8.36. The van der Waals surface area contributed by atoms with Crippen molar-refractivity contribution in [2.75, 3.05) is 0 Å². The van der Waals surface area contributed by atoms with Crippen molar-refractivity contribution < 1.29 is 14.3 Å². The van der Waals surface area contributed by atoms with Crippen LogP contribution in [-0.4, -0.2) is 17.9 Å². The molecule has 3 nitrogen and oxygen atoms in total. The highest BCUT2D eigenvalue weighted by Gasteiger charge is 2.52. The fourth-order valence-electron chi connectivity index (χ4n) is 4.66. The van der Waals surface area contributed by atoms with Gasteiger partial charge >= 0.3 is 5.97 Å². The van der Waals surface area contributed by atoms with E-state index in [1.165, 1.54) is 0 Å². The van der Waals surface area contributed by atoms with Crippen molar-refractivity contribution in [1.82, 2.24) is 0 Å². The molecule has 4 atom stereocenters. The third kappa shape index (κ3) is 4.08. The first-order valence-electron chi connectivity index (χ1n) is 8.44. The average Bonchev–Trinajstić information content (AvgIpc) is 2.34. The molecule has 0 aromatic rings. The van der Waals surface area contributed by atoms with Crippen molar-refractivity contribution in [3.05, 3.63) is 0 Å². The third-order valence-corrected chi connectivity index (χ3v) is 5.14. The van der Waals surface area contributed by atoms with Gasteiger partial charge in [-0.3, -0.25) is 4.79 Å². The lowest BCUT2D eigenvalue weighted by Crippen LogP contribution is -2.51. The number of carbonyl (C=O) groups is 2. The van der Waals surface area contributed by atoms with Gasteiger partial charge in [-0.15, -0.1) is 0 Å². The van der Waals surface area contributed by atoms with Gasteiger partial charge in [0.2, 0.25) is 0 Å². The van der Waals surface area contributed by atoms with Crippen LogP contribution >= 0.6 is 0 Å². The van der Waals surface area contributed by atoms with Crippen LogP contribution in [0.4, 0.5) is 0 Å². The Labute approximate surface area is 128 Å². The van der Waals surface area contributed by atoms with Crippen LogP contribution in [0.2, 0.25) is 0 Å². The lowest BCUT2D eigenvalue weighted by Gasteiger charge is -2.52. The van der Waals surface area contributed by atoms with Crippen LogP contribution in [0, 0.1) is 23.2 Å². The Kier molecular flexibility index (Phi) is 4.79. The minimum absolute atomic E-state index is 0.0771. The number of hydrogen-bond donors (Lipinski definition) is 0. The summed E-state index contributed by atoms with van der Waals surface area (Å²) in [6.45, 7) is 8.51. The van der Waals surface area contributed by atoms with Gasteiger partial charge in [0.25, 0.3) is 0 Å². The predicted molar refractivity (Wildman–Crippen MR) is 82.8 cm³/mol. The topological polar surface area (TPSA) is 43.4 Å². The highest BCUT2D eigenvalue weighted by Crippen LogP contribution is 2.53. The van der Waals surface area contributed by atoms with E-state index in [0.717, 1.165) is 38.4 Å². The Bertz CT molecular complexity index is 399. The van der Waals surface area contributed by atoms with Crippen LogP contribution in [0.25, 0.3) is 0 Å². The zero-order valence-electron chi connectivity index (χ0n) is 14.0. The first-order chi connectivity index (χ1) is 9.76. The van der Waals surface area contributed by atoms with Crippen molar-refractivity contribution >= 4 is 12.3 Å².